The van der Waals surface area contributed by atoms with Gasteiger partial charge < -0.3 is 9.47 Å². The summed E-state index contributed by atoms with van der Waals surface area (Å²) < 4.78 is 47.4. The van der Waals surface area contributed by atoms with Crippen molar-refractivity contribution in [3.05, 3.63) is 47.4 Å². The van der Waals surface area contributed by atoms with Gasteiger partial charge in [0.25, 0.3) is 0 Å². The molecule has 2 heterocycles. The Morgan fingerprint density at radius 2 is 2.00 bits per heavy atom. The van der Waals surface area contributed by atoms with E-state index < -0.39 is 11.9 Å². The normalized spacial score (nSPS) is 11.1. The minimum atomic E-state index is -4.48. The number of hydrogen-bond donors (Lipinski definition) is 0. The third-order valence-electron chi connectivity index (χ3n) is 2.72. The number of alkyl halides is 3. The molecule has 5 nitrogen and oxygen atoms in total. The first kappa shape index (κ1) is 15.7. The third-order valence-corrected chi connectivity index (χ3v) is 2.72. The Hall–Kier alpha value is -2.64. The molecule has 0 N–H and O–H groups in total. The summed E-state index contributed by atoms with van der Waals surface area (Å²) in [5, 5.41) is 0. The molecule has 0 saturated heterocycles. The fourth-order valence-corrected chi connectivity index (χ4v) is 1.60. The number of methoxy groups -OCH3 is 1. The Kier molecular flexibility index (Phi) is 4.59. The van der Waals surface area contributed by atoms with Crippen LogP contribution in [0.1, 0.15) is 21.6 Å². The van der Waals surface area contributed by atoms with Gasteiger partial charge in [-0.2, -0.15) is 13.2 Å². The molecule has 0 fully saturated rings. The van der Waals surface area contributed by atoms with Crippen LogP contribution in [-0.4, -0.2) is 23.4 Å². The molecule has 0 aliphatic carbocycles. The van der Waals surface area contributed by atoms with E-state index in [-0.39, 0.29) is 23.8 Å². The maximum absolute atomic E-state index is 12.4. The van der Waals surface area contributed by atoms with Crippen LogP contribution in [0.2, 0.25) is 0 Å². The standard InChI is InChI=1S/C14H11F3N2O3/c1-21-13-4-10(7-20)11(6-19-13)22-8-9-2-3-12(18-5-9)14(15,16)17/h2-7H,8H2,1H3. The molecule has 0 bridgehead atoms. The second-order valence-electron chi connectivity index (χ2n) is 4.22. The highest BCUT2D eigenvalue weighted by atomic mass is 19.4. The first-order valence-corrected chi connectivity index (χ1v) is 6.08. The number of rotatable bonds is 5. The van der Waals surface area contributed by atoms with Crippen LogP contribution in [0.3, 0.4) is 0 Å². The van der Waals surface area contributed by atoms with Crippen LogP contribution in [0.4, 0.5) is 13.2 Å². The van der Waals surface area contributed by atoms with Crippen molar-refractivity contribution in [3.63, 3.8) is 0 Å². The van der Waals surface area contributed by atoms with E-state index in [1.807, 2.05) is 0 Å². The largest absolute Gasteiger partial charge is 0.486 e. The van der Waals surface area contributed by atoms with Crippen LogP contribution >= 0.6 is 0 Å². The first-order valence-electron chi connectivity index (χ1n) is 6.08. The molecule has 0 aliphatic heterocycles. The zero-order chi connectivity index (χ0) is 16.2. The van der Waals surface area contributed by atoms with Gasteiger partial charge in [0.15, 0.2) is 6.29 Å². The van der Waals surface area contributed by atoms with Crippen LogP contribution < -0.4 is 9.47 Å². The van der Waals surface area contributed by atoms with Crippen molar-refractivity contribution in [1.82, 2.24) is 9.97 Å². The predicted octanol–water partition coefficient (Wildman–Crippen LogP) is 2.90. The molecule has 2 aromatic heterocycles. The minimum Gasteiger partial charge on any atom is -0.486 e. The third kappa shape index (κ3) is 3.72. The van der Waals surface area contributed by atoms with E-state index in [1.165, 1.54) is 25.4 Å². The van der Waals surface area contributed by atoms with Crippen LogP contribution in [0.15, 0.2) is 30.6 Å². The van der Waals surface area contributed by atoms with Crippen molar-refractivity contribution in [1.29, 1.82) is 0 Å². The molecule has 0 saturated carbocycles. The second kappa shape index (κ2) is 6.42. The Bertz CT molecular complexity index is 657. The highest BCUT2D eigenvalue weighted by molar-refractivity contribution is 5.79. The molecule has 2 rings (SSSR count). The molecule has 2 aromatic rings. The molecule has 0 atom stereocenters. The number of nitrogens with zero attached hydrogens (tertiary/aromatic N) is 2. The summed E-state index contributed by atoms with van der Waals surface area (Å²) in [7, 11) is 1.41. The fourth-order valence-electron chi connectivity index (χ4n) is 1.60. The predicted molar refractivity (Wildman–Crippen MR) is 69.7 cm³/mol. The fraction of sp³-hybridized carbons (Fsp3) is 0.214. The number of halogens is 3. The van der Waals surface area contributed by atoms with Gasteiger partial charge in [0.1, 0.15) is 18.1 Å². The molecule has 0 spiro atoms. The van der Waals surface area contributed by atoms with Gasteiger partial charge in [0.05, 0.1) is 18.9 Å². The first-order chi connectivity index (χ1) is 10.4. The van der Waals surface area contributed by atoms with Crippen molar-refractivity contribution in [2.24, 2.45) is 0 Å². The molecule has 22 heavy (non-hydrogen) atoms. The van der Waals surface area contributed by atoms with Gasteiger partial charge in [0.2, 0.25) is 5.88 Å². The lowest BCUT2D eigenvalue weighted by Gasteiger charge is -2.10. The summed E-state index contributed by atoms with van der Waals surface area (Å²) in [4.78, 5) is 18.2. The highest BCUT2D eigenvalue weighted by Gasteiger charge is 2.31. The highest BCUT2D eigenvalue weighted by Crippen LogP contribution is 2.27. The quantitative estimate of drug-likeness (QED) is 0.794. The number of aldehydes is 1. The van der Waals surface area contributed by atoms with Crippen LogP contribution in [0.25, 0.3) is 0 Å². The van der Waals surface area contributed by atoms with Crippen molar-refractivity contribution >= 4 is 6.29 Å². The SMILES string of the molecule is COc1cc(C=O)c(OCc2ccc(C(F)(F)F)nc2)cn1. The second-order valence-corrected chi connectivity index (χ2v) is 4.22. The molecule has 116 valence electrons. The van der Waals surface area contributed by atoms with E-state index in [9.17, 15) is 18.0 Å². The number of aromatic nitrogens is 2. The van der Waals surface area contributed by atoms with E-state index in [2.05, 4.69) is 9.97 Å². The molecule has 0 unspecified atom stereocenters. The lowest BCUT2D eigenvalue weighted by atomic mass is 10.2. The monoisotopic (exact) mass is 312 g/mol. The molecule has 0 radical (unpaired) electrons. The Balaban J connectivity index is 2.08. The summed E-state index contributed by atoms with van der Waals surface area (Å²) in [6, 6.07) is 3.52. The van der Waals surface area contributed by atoms with Crippen LogP contribution in [-0.2, 0) is 12.8 Å². The van der Waals surface area contributed by atoms with Crippen molar-refractivity contribution in [2.75, 3.05) is 7.11 Å². The van der Waals surface area contributed by atoms with Crippen LogP contribution in [0.5, 0.6) is 11.6 Å². The van der Waals surface area contributed by atoms with Crippen molar-refractivity contribution in [2.45, 2.75) is 12.8 Å². The average Bonchev–Trinajstić information content (AvgIpc) is 2.52. The topological polar surface area (TPSA) is 61.3 Å². The number of hydrogen-bond acceptors (Lipinski definition) is 5. The van der Waals surface area contributed by atoms with Gasteiger partial charge in [-0.1, -0.05) is 6.07 Å². The lowest BCUT2D eigenvalue weighted by Crippen LogP contribution is -2.08. The zero-order valence-electron chi connectivity index (χ0n) is 11.4. The van der Waals surface area contributed by atoms with E-state index in [1.54, 1.807) is 0 Å². The Labute approximate surface area is 123 Å². The zero-order valence-corrected chi connectivity index (χ0v) is 11.4. The molecule has 0 aromatic carbocycles. The Morgan fingerprint density at radius 3 is 2.55 bits per heavy atom. The maximum Gasteiger partial charge on any atom is 0.433 e. The van der Waals surface area contributed by atoms with E-state index in [0.29, 0.717) is 11.8 Å². The number of pyridine rings is 2. The molecule has 0 aliphatic rings. The van der Waals surface area contributed by atoms with Gasteiger partial charge in [0, 0.05) is 17.8 Å². The van der Waals surface area contributed by atoms with Crippen LogP contribution in [0, 0.1) is 0 Å². The van der Waals surface area contributed by atoms with E-state index in [4.69, 9.17) is 9.47 Å². The lowest BCUT2D eigenvalue weighted by molar-refractivity contribution is -0.141. The number of ether oxygens (including phenoxy) is 2. The molecular formula is C14H11F3N2O3. The van der Waals surface area contributed by atoms with Gasteiger partial charge in [-0.05, 0) is 6.07 Å². The average molecular weight is 312 g/mol. The molecular weight excluding hydrogens is 301 g/mol. The Morgan fingerprint density at radius 1 is 1.23 bits per heavy atom. The van der Waals surface area contributed by atoms with Gasteiger partial charge in [-0.25, -0.2) is 4.98 Å². The summed E-state index contributed by atoms with van der Waals surface area (Å²) in [6.45, 7) is -0.0417. The van der Waals surface area contributed by atoms with Crippen molar-refractivity contribution < 1.29 is 27.4 Å². The van der Waals surface area contributed by atoms with Gasteiger partial charge in [-0.3, -0.25) is 9.78 Å². The van der Waals surface area contributed by atoms with Gasteiger partial charge in [-0.15, -0.1) is 0 Å². The van der Waals surface area contributed by atoms with Gasteiger partial charge >= 0.3 is 6.18 Å². The smallest absolute Gasteiger partial charge is 0.433 e. The summed E-state index contributed by atoms with van der Waals surface area (Å²) in [6.07, 6.45) is -1.53. The summed E-state index contributed by atoms with van der Waals surface area (Å²) >= 11 is 0. The maximum atomic E-state index is 12.4. The van der Waals surface area contributed by atoms with E-state index >= 15 is 0 Å². The summed E-state index contributed by atoms with van der Waals surface area (Å²) in [5.41, 5.74) is -0.316. The molecule has 8 heteroatoms. The minimum absolute atomic E-state index is 0.0417. The number of carbonyl (C=O) groups excluding carboxylic acids is 1. The van der Waals surface area contributed by atoms with Crippen molar-refractivity contribution in [3.8, 4) is 11.6 Å². The van der Waals surface area contributed by atoms with E-state index in [0.717, 1.165) is 12.3 Å². The number of carbonyl (C=O) groups is 1. The summed E-state index contributed by atoms with van der Waals surface area (Å²) in [5.74, 6) is 0.460. The molecule has 0 amide bonds.